The molecule has 0 aliphatic carbocycles. The van der Waals surface area contributed by atoms with E-state index in [0.717, 1.165) is 4.31 Å². The Hall–Kier alpha value is -0.480. The summed E-state index contributed by atoms with van der Waals surface area (Å²) in [6.45, 7) is -0.224. The Bertz CT molecular complexity index is 648. The highest BCUT2D eigenvalue weighted by atomic mass is 79.9. The molecule has 0 aromatic heterocycles. The van der Waals surface area contributed by atoms with Crippen LogP contribution in [0.5, 0.6) is 0 Å². The molecule has 1 aliphatic heterocycles. The molecule has 20 heavy (non-hydrogen) atoms. The van der Waals surface area contributed by atoms with Crippen molar-refractivity contribution >= 4 is 47.9 Å². The van der Waals surface area contributed by atoms with Gasteiger partial charge in [-0.2, -0.15) is 4.31 Å². The minimum absolute atomic E-state index is 0.0350. The Morgan fingerprint density at radius 3 is 2.60 bits per heavy atom. The number of carbonyl (C=O) groups is 1. The molecule has 0 amide bonds. The lowest BCUT2D eigenvalue weighted by Crippen LogP contribution is -2.40. The average Bonchev–Trinajstić information content (AvgIpc) is 2.75. The van der Waals surface area contributed by atoms with Crippen LogP contribution in [0.4, 0.5) is 0 Å². The number of aliphatic hydroxyl groups is 1. The van der Waals surface area contributed by atoms with Crippen molar-refractivity contribution in [1.29, 1.82) is 0 Å². The second-order valence-corrected chi connectivity index (χ2v) is 8.02. The van der Waals surface area contributed by atoms with E-state index in [2.05, 4.69) is 31.9 Å². The fourth-order valence-corrected chi connectivity index (χ4v) is 5.17. The van der Waals surface area contributed by atoms with Crippen molar-refractivity contribution < 1.29 is 23.4 Å². The molecule has 0 saturated carbocycles. The second-order valence-electron chi connectivity index (χ2n) is 4.39. The standard InChI is InChI=1S/C11H11Br2NO5S/c12-6-1-2-8(13)10(3-6)20(18,19)14-5-7(15)4-9(14)11(16)17/h1-3,7,9,15H,4-5H2,(H,16,17)/t7-,9-/m0/s1. The number of carboxylic acids is 1. The van der Waals surface area contributed by atoms with Crippen LogP contribution < -0.4 is 0 Å². The van der Waals surface area contributed by atoms with Crippen molar-refractivity contribution in [2.75, 3.05) is 6.54 Å². The maximum Gasteiger partial charge on any atom is 0.322 e. The summed E-state index contributed by atoms with van der Waals surface area (Å²) in [4.78, 5) is 11.1. The van der Waals surface area contributed by atoms with Crippen LogP contribution in [0.25, 0.3) is 0 Å². The van der Waals surface area contributed by atoms with E-state index in [1.807, 2.05) is 0 Å². The number of rotatable bonds is 3. The summed E-state index contributed by atoms with van der Waals surface area (Å²) in [5.74, 6) is -1.27. The average molecular weight is 429 g/mol. The summed E-state index contributed by atoms with van der Waals surface area (Å²) < 4.78 is 26.9. The van der Waals surface area contributed by atoms with E-state index < -0.39 is 28.1 Å². The van der Waals surface area contributed by atoms with E-state index in [-0.39, 0.29) is 17.9 Å². The van der Waals surface area contributed by atoms with Gasteiger partial charge < -0.3 is 10.2 Å². The first kappa shape index (κ1) is 15.9. The van der Waals surface area contributed by atoms with Crippen LogP contribution in [0.2, 0.25) is 0 Å². The molecule has 1 aromatic carbocycles. The van der Waals surface area contributed by atoms with Gasteiger partial charge in [-0.25, -0.2) is 8.42 Å². The van der Waals surface area contributed by atoms with Gasteiger partial charge >= 0.3 is 5.97 Å². The number of halogens is 2. The SMILES string of the molecule is O=C(O)[C@@H]1C[C@H](O)CN1S(=O)(=O)c1cc(Br)ccc1Br. The molecule has 9 heteroatoms. The molecule has 1 aliphatic rings. The topological polar surface area (TPSA) is 94.9 Å². The Balaban J connectivity index is 2.49. The molecule has 1 saturated heterocycles. The molecular formula is C11H11Br2NO5S. The van der Waals surface area contributed by atoms with Gasteiger partial charge in [-0.1, -0.05) is 15.9 Å². The van der Waals surface area contributed by atoms with Gasteiger partial charge in [0, 0.05) is 21.9 Å². The summed E-state index contributed by atoms with van der Waals surface area (Å²) in [5, 5.41) is 18.7. The van der Waals surface area contributed by atoms with Crippen molar-refractivity contribution in [2.45, 2.75) is 23.5 Å². The van der Waals surface area contributed by atoms with E-state index >= 15 is 0 Å². The van der Waals surface area contributed by atoms with Crippen LogP contribution in [0.1, 0.15) is 6.42 Å². The number of aliphatic hydroxyl groups excluding tert-OH is 1. The first-order valence-electron chi connectivity index (χ1n) is 5.61. The Morgan fingerprint density at radius 1 is 1.35 bits per heavy atom. The third-order valence-corrected chi connectivity index (χ3v) is 6.36. The van der Waals surface area contributed by atoms with Crippen LogP contribution in [0.3, 0.4) is 0 Å². The Labute approximate surface area is 132 Å². The maximum atomic E-state index is 12.6. The van der Waals surface area contributed by atoms with Gasteiger partial charge in [-0.3, -0.25) is 4.79 Å². The van der Waals surface area contributed by atoms with Crippen molar-refractivity contribution in [2.24, 2.45) is 0 Å². The molecule has 0 radical (unpaired) electrons. The molecule has 2 atom stereocenters. The molecule has 0 spiro atoms. The predicted octanol–water partition coefficient (Wildman–Crippen LogP) is 1.42. The third kappa shape index (κ3) is 2.91. The maximum absolute atomic E-state index is 12.6. The van der Waals surface area contributed by atoms with Crippen molar-refractivity contribution in [3.05, 3.63) is 27.1 Å². The first-order chi connectivity index (χ1) is 9.23. The predicted molar refractivity (Wildman–Crippen MR) is 77.8 cm³/mol. The fraction of sp³-hybridized carbons (Fsp3) is 0.364. The smallest absolute Gasteiger partial charge is 0.322 e. The molecular weight excluding hydrogens is 418 g/mol. The quantitative estimate of drug-likeness (QED) is 0.759. The number of nitrogens with zero attached hydrogens (tertiary/aromatic N) is 1. The number of carboxylic acid groups (broad SMARTS) is 1. The first-order valence-corrected chi connectivity index (χ1v) is 8.64. The summed E-state index contributed by atoms with van der Waals surface area (Å²) in [6.07, 6.45) is -1.09. The van der Waals surface area contributed by atoms with Crippen LogP contribution in [0.15, 0.2) is 32.0 Å². The summed E-state index contributed by atoms with van der Waals surface area (Å²) in [5.41, 5.74) is 0. The normalized spacial score (nSPS) is 23.9. The van der Waals surface area contributed by atoms with Gasteiger partial charge in [0.1, 0.15) is 6.04 Å². The molecule has 2 N–H and O–H groups in total. The highest BCUT2D eigenvalue weighted by Crippen LogP contribution is 2.32. The number of aliphatic carboxylic acids is 1. The van der Waals surface area contributed by atoms with Gasteiger partial charge in [0.05, 0.1) is 11.0 Å². The van der Waals surface area contributed by atoms with Gasteiger partial charge in [0.2, 0.25) is 10.0 Å². The lowest BCUT2D eigenvalue weighted by molar-refractivity contribution is -0.140. The van der Waals surface area contributed by atoms with Crippen LogP contribution in [-0.4, -0.2) is 47.6 Å². The third-order valence-electron chi connectivity index (χ3n) is 3.00. The zero-order valence-electron chi connectivity index (χ0n) is 10.0. The van der Waals surface area contributed by atoms with E-state index in [1.165, 1.54) is 6.07 Å². The molecule has 2 rings (SSSR count). The van der Waals surface area contributed by atoms with E-state index in [0.29, 0.717) is 8.95 Å². The minimum Gasteiger partial charge on any atom is -0.480 e. The summed E-state index contributed by atoms with van der Waals surface area (Å²) in [6, 6.07) is 3.36. The van der Waals surface area contributed by atoms with Gasteiger partial charge in [-0.15, -0.1) is 0 Å². The highest BCUT2D eigenvalue weighted by Gasteiger charge is 2.44. The van der Waals surface area contributed by atoms with E-state index in [4.69, 9.17) is 5.11 Å². The molecule has 0 bridgehead atoms. The molecule has 1 heterocycles. The van der Waals surface area contributed by atoms with Gasteiger partial charge in [0.15, 0.2) is 0 Å². The number of hydrogen-bond donors (Lipinski definition) is 2. The molecule has 0 unspecified atom stereocenters. The lowest BCUT2D eigenvalue weighted by atomic mass is 10.2. The summed E-state index contributed by atoms with van der Waals surface area (Å²) >= 11 is 6.33. The Morgan fingerprint density at radius 2 is 2.00 bits per heavy atom. The van der Waals surface area contributed by atoms with Crippen molar-refractivity contribution in [3.63, 3.8) is 0 Å². The number of benzene rings is 1. The monoisotopic (exact) mass is 427 g/mol. The van der Waals surface area contributed by atoms with E-state index in [1.54, 1.807) is 12.1 Å². The largest absolute Gasteiger partial charge is 0.480 e. The van der Waals surface area contributed by atoms with Crippen molar-refractivity contribution in [3.8, 4) is 0 Å². The molecule has 1 fully saturated rings. The minimum atomic E-state index is -4.00. The zero-order valence-corrected chi connectivity index (χ0v) is 14.0. The molecule has 110 valence electrons. The second kappa shape index (κ2) is 5.72. The number of hydrogen-bond acceptors (Lipinski definition) is 4. The highest BCUT2D eigenvalue weighted by molar-refractivity contribution is 9.11. The number of sulfonamides is 1. The van der Waals surface area contributed by atoms with Gasteiger partial charge in [0.25, 0.3) is 0 Å². The van der Waals surface area contributed by atoms with Gasteiger partial charge in [-0.05, 0) is 34.1 Å². The Kier molecular flexibility index (Phi) is 4.55. The van der Waals surface area contributed by atoms with E-state index in [9.17, 15) is 18.3 Å². The zero-order chi connectivity index (χ0) is 15.1. The van der Waals surface area contributed by atoms with Crippen LogP contribution >= 0.6 is 31.9 Å². The van der Waals surface area contributed by atoms with Crippen LogP contribution in [-0.2, 0) is 14.8 Å². The van der Waals surface area contributed by atoms with Crippen molar-refractivity contribution in [1.82, 2.24) is 4.31 Å². The van der Waals surface area contributed by atoms with Crippen LogP contribution in [0, 0.1) is 0 Å². The summed E-state index contributed by atoms with van der Waals surface area (Å²) in [7, 11) is -4.00. The number of β-amino-alcohol motifs (C(OH)–C–C–N with tert-alkyl or cyclic N) is 1. The molecule has 1 aromatic rings. The lowest BCUT2D eigenvalue weighted by Gasteiger charge is -2.21. The fourth-order valence-electron chi connectivity index (χ4n) is 2.08. The molecule has 6 nitrogen and oxygen atoms in total.